The normalized spacial score (nSPS) is 10.9. The Morgan fingerprint density at radius 2 is 0.639 bits per heavy atom. The fourth-order valence-corrected chi connectivity index (χ4v) is 2.91. The number of hydrogen-bond acceptors (Lipinski definition) is 6. The Morgan fingerprint density at radius 1 is 0.417 bits per heavy atom. The topological polar surface area (TPSA) is 0 Å². The second-order valence-electron chi connectivity index (χ2n) is 6.35. The molecule has 0 spiro atoms. The van der Waals surface area contributed by atoms with Gasteiger partial charge in [-0.15, -0.1) is 12.8 Å². The van der Waals surface area contributed by atoms with Crippen LogP contribution in [-0.4, -0.2) is 0 Å². The molecule has 0 amide bonds. The van der Waals surface area contributed by atoms with Crippen LogP contribution in [0.1, 0.15) is 12.8 Å². The third kappa shape index (κ3) is 19.5. The maximum atomic E-state index is 4.85. The summed E-state index contributed by atoms with van der Waals surface area (Å²) < 4.78 is 0. The van der Waals surface area contributed by atoms with Gasteiger partial charge in [-0.3, -0.25) is 12.2 Å². The summed E-state index contributed by atoms with van der Waals surface area (Å²) in [4.78, 5) is 4.60. The van der Waals surface area contributed by atoms with E-state index in [2.05, 4.69) is 24.3 Å². The van der Waals surface area contributed by atoms with Gasteiger partial charge in [-0.05, 0) is 0 Å². The van der Waals surface area contributed by atoms with E-state index < -0.39 is 0 Å². The van der Waals surface area contributed by atoms with Crippen molar-refractivity contribution in [2.45, 2.75) is 42.2 Å². The summed E-state index contributed by atoms with van der Waals surface area (Å²) in [7, 11) is 0. The number of hydrogen-bond donors (Lipinski definition) is 0. The average Bonchev–Trinajstić information content (AvgIpc) is 3.60. The Hall–Kier alpha value is -0.631. The van der Waals surface area contributed by atoms with Crippen LogP contribution in [0.15, 0.2) is 139 Å². The minimum absolute atomic E-state index is 0. The maximum absolute atomic E-state index is 4.85. The molecule has 0 heterocycles. The van der Waals surface area contributed by atoms with Crippen molar-refractivity contribution in [3.63, 3.8) is 0 Å². The summed E-state index contributed by atoms with van der Waals surface area (Å²) in [6.07, 6.45) is 20.0. The molecule has 5 rings (SSSR count). The second kappa shape index (κ2) is 24.7. The Bertz CT molecular complexity index is 886. The molecule has 0 fully saturated rings. The van der Waals surface area contributed by atoms with Crippen molar-refractivity contribution in [3.8, 4) is 0 Å². The minimum Gasteiger partial charge on any atom is -0.781 e. The molecule has 0 aliphatic heterocycles. The van der Waals surface area contributed by atoms with Crippen molar-refractivity contribution in [1.29, 1.82) is 0 Å². The molecule has 0 unspecified atom stereocenters. The van der Waals surface area contributed by atoms with Crippen LogP contribution >= 0.6 is 0 Å². The largest absolute Gasteiger partial charge is 4.00 e. The first-order chi connectivity index (χ1) is 16.4. The van der Waals surface area contributed by atoms with Gasteiger partial charge < -0.3 is 75.8 Å². The molecule has 36 heavy (non-hydrogen) atoms. The summed E-state index contributed by atoms with van der Waals surface area (Å²) in [5.74, 6) is 0. The molecule has 0 atom stereocenters. The summed E-state index contributed by atoms with van der Waals surface area (Å²) in [6, 6.07) is 22.3. The van der Waals surface area contributed by atoms with Gasteiger partial charge >= 0.3 is 43.4 Å². The van der Waals surface area contributed by atoms with Crippen LogP contribution in [0, 0.1) is 12.2 Å². The molecule has 3 aromatic carbocycles. The van der Waals surface area contributed by atoms with Crippen molar-refractivity contribution in [2.75, 3.05) is 0 Å². The van der Waals surface area contributed by atoms with E-state index >= 15 is 0 Å². The third-order valence-electron chi connectivity index (χ3n) is 3.72. The average molecular weight is 647 g/mol. The predicted molar refractivity (Wildman–Crippen MR) is 156 cm³/mol. The Balaban J connectivity index is 0. The fraction of sp³-hybridized carbons (Fsp3) is 0.0714. The molecule has 3 aromatic rings. The first-order valence-corrected chi connectivity index (χ1v) is 12.6. The monoisotopic (exact) mass is 646 g/mol. The van der Waals surface area contributed by atoms with Gasteiger partial charge in [0.05, 0.1) is 0 Å². The second-order valence-corrected chi connectivity index (χ2v) is 8.99. The van der Waals surface area contributed by atoms with Crippen molar-refractivity contribution in [2.24, 2.45) is 0 Å². The predicted octanol–water partition coefficient (Wildman–Crippen LogP) is 7.10. The van der Waals surface area contributed by atoms with Crippen LogP contribution < -0.4 is 0 Å². The Labute approximate surface area is 279 Å². The standard InChI is InChI=1S/3C6H6S2.2C5H5.2Ti/c3*7-5-3-1-2-4-6(5)8;2*1-2-4-5-3-1;;/h3*1-4,7-8H;2*1-3H,4H2;;/q;;;2*-1;2*+4/p-6. The minimum atomic E-state index is 0. The Morgan fingerprint density at radius 3 is 0.722 bits per heavy atom. The van der Waals surface area contributed by atoms with E-state index in [0.717, 1.165) is 42.2 Å². The van der Waals surface area contributed by atoms with Gasteiger partial charge in [-0.2, -0.15) is 41.5 Å². The zero-order valence-corrected chi connectivity index (χ0v) is 27.3. The van der Waals surface area contributed by atoms with Gasteiger partial charge in [0.2, 0.25) is 0 Å². The van der Waals surface area contributed by atoms with Gasteiger partial charge in [0.25, 0.3) is 0 Å². The van der Waals surface area contributed by atoms with E-state index in [9.17, 15) is 0 Å². The van der Waals surface area contributed by atoms with E-state index in [-0.39, 0.29) is 43.4 Å². The summed E-state index contributed by atoms with van der Waals surface area (Å²) >= 11 is 29.1. The van der Waals surface area contributed by atoms with E-state index in [1.165, 1.54) is 0 Å². The van der Waals surface area contributed by atoms with E-state index in [0.29, 0.717) is 0 Å². The molecule has 178 valence electrons. The van der Waals surface area contributed by atoms with E-state index in [4.69, 9.17) is 75.8 Å². The first-order valence-electron chi connectivity index (χ1n) is 10.1. The van der Waals surface area contributed by atoms with Crippen LogP contribution in [-0.2, 0) is 119 Å². The molecule has 2 aliphatic rings. The van der Waals surface area contributed by atoms with Gasteiger partial charge in [-0.1, -0.05) is 72.8 Å². The van der Waals surface area contributed by atoms with Crippen LogP contribution in [0.2, 0.25) is 0 Å². The first kappa shape index (κ1) is 37.5. The molecule has 0 bridgehead atoms. The van der Waals surface area contributed by atoms with Crippen molar-refractivity contribution < 1.29 is 43.4 Å². The summed E-state index contributed by atoms with van der Waals surface area (Å²) in [5, 5.41) is 0. The van der Waals surface area contributed by atoms with Gasteiger partial charge in [0, 0.05) is 0 Å². The zero-order chi connectivity index (χ0) is 25.0. The van der Waals surface area contributed by atoms with Gasteiger partial charge in [-0.25, -0.2) is 24.3 Å². The molecule has 0 saturated heterocycles. The number of allylic oxidation sites excluding steroid dienone is 8. The smallest absolute Gasteiger partial charge is 0.781 e. The number of rotatable bonds is 0. The molecule has 0 N–H and O–H groups in total. The third-order valence-corrected chi connectivity index (χ3v) is 6.24. The number of benzene rings is 3. The Kier molecular flexibility index (Phi) is 25.7. The van der Waals surface area contributed by atoms with Crippen LogP contribution in [0.4, 0.5) is 0 Å². The summed E-state index contributed by atoms with van der Waals surface area (Å²) in [5.41, 5.74) is 0. The molecule has 0 saturated carbocycles. The van der Waals surface area contributed by atoms with Crippen molar-refractivity contribution in [1.82, 2.24) is 0 Å². The van der Waals surface area contributed by atoms with E-state index in [1.807, 2.05) is 97.1 Å². The quantitative estimate of drug-likeness (QED) is 0.144. The summed E-state index contributed by atoms with van der Waals surface area (Å²) in [6.45, 7) is 0. The van der Waals surface area contributed by atoms with Crippen LogP contribution in [0.5, 0.6) is 0 Å². The van der Waals surface area contributed by atoms with Crippen LogP contribution in [0.25, 0.3) is 0 Å². The molecule has 2 aliphatic carbocycles. The molecular formula is C28H22S6Ti2. The molecular weight excluding hydrogens is 624 g/mol. The van der Waals surface area contributed by atoms with Crippen molar-refractivity contribution in [3.05, 3.63) is 121 Å². The van der Waals surface area contributed by atoms with Crippen LogP contribution in [0.3, 0.4) is 0 Å². The van der Waals surface area contributed by atoms with Crippen molar-refractivity contribution >= 4 is 75.8 Å². The molecule has 0 radical (unpaired) electrons. The molecule has 0 nitrogen and oxygen atoms in total. The van der Waals surface area contributed by atoms with E-state index in [1.54, 1.807) is 0 Å². The molecule has 0 aromatic heterocycles. The zero-order valence-electron chi connectivity index (χ0n) is 19.3. The maximum Gasteiger partial charge on any atom is 4.00 e. The SMILES string of the molecule is [C-]1=CC=CC1.[C-]1=CC=CC1.[S-]c1ccccc1[S-].[S-]c1ccccc1[S-].[S-]c1ccccc1[S-].[Ti+4].[Ti+4]. The van der Waals surface area contributed by atoms with Gasteiger partial charge in [0.15, 0.2) is 0 Å². The fourth-order valence-electron chi connectivity index (χ4n) is 2.03. The van der Waals surface area contributed by atoms with Gasteiger partial charge in [0.1, 0.15) is 0 Å². The molecule has 8 heteroatoms.